The molecule has 110 heavy (non-hydrogen) atoms. The van der Waals surface area contributed by atoms with Crippen molar-refractivity contribution in [2.75, 3.05) is 26.4 Å². The van der Waals surface area contributed by atoms with Crippen molar-refractivity contribution in [1.82, 2.24) is 0 Å². The summed E-state index contributed by atoms with van der Waals surface area (Å²) in [6.07, 6.45) is -31.8. The maximum absolute atomic E-state index is 13.0. The van der Waals surface area contributed by atoms with E-state index in [1.807, 2.05) is 0 Å². The quantitative estimate of drug-likeness (QED) is 0.0151. The van der Waals surface area contributed by atoms with Crippen LogP contribution in [0.3, 0.4) is 0 Å². The normalized spacial score (nSPS) is 29.5. The fourth-order valence-corrected chi connectivity index (χ4v) is 11.6. The van der Waals surface area contributed by atoms with Gasteiger partial charge in [-0.25, -0.2) is 19.2 Å². The molecule has 6 aromatic carbocycles. The number of ether oxygens (including phenoxy) is 13. The first-order valence-electron chi connectivity index (χ1n) is 33.7. The molecule has 1 unspecified atom stereocenters. The van der Waals surface area contributed by atoms with E-state index in [4.69, 9.17) is 61.6 Å². The summed E-state index contributed by atoms with van der Waals surface area (Å²) in [5, 5.41) is 198. The van der Waals surface area contributed by atoms with Crippen LogP contribution in [-0.4, -0.2) is 270 Å². The van der Waals surface area contributed by atoms with E-state index >= 15 is 0 Å². The van der Waals surface area contributed by atoms with Gasteiger partial charge in [-0.3, -0.25) is 0 Å². The summed E-state index contributed by atoms with van der Waals surface area (Å²) < 4.78 is 74.0. The Morgan fingerprint density at radius 2 is 0.645 bits per heavy atom. The Morgan fingerprint density at radius 3 is 0.955 bits per heavy atom. The van der Waals surface area contributed by atoms with Crippen LogP contribution in [0.4, 0.5) is 0 Å². The van der Waals surface area contributed by atoms with Crippen molar-refractivity contribution in [3.8, 4) is 57.5 Å². The molecule has 0 radical (unpaired) electrons. The number of esters is 4. The van der Waals surface area contributed by atoms with E-state index in [0.717, 1.165) is 54.6 Å². The van der Waals surface area contributed by atoms with E-state index in [1.54, 1.807) is 0 Å². The van der Waals surface area contributed by atoms with Crippen molar-refractivity contribution in [2.45, 2.75) is 129 Å². The van der Waals surface area contributed by atoms with Gasteiger partial charge < -0.3 is 153 Å². The Bertz CT molecular complexity index is 4210. The molecule has 5 heterocycles. The summed E-state index contributed by atoms with van der Waals surface area (Å²) >= 11 is 0. The van der Waals surface area contributed by atoms with Crippen LogP contribution in [0, 0.1) is 0 Å². The van der Waals surface area contributed by atoms with Crippen LogP contribution >= 0.6 is 0 Å². The number of aromatic hydroxyl groups is 7. The average Bonchev–Trinajstić information content (AvgIpc) is 0.759. The minimum atomic E-state index is -2.25. The van der Waals surface area contributed by atoms with Gasteiger partial charge in [-0.1, -0.05) is 48.5 Å². The number of phenolic OH excluding ortho intramolecular Hbond substituents is 6. The van der Waals surface area contributed by atoms with Crippen molar-refractivity contribution in [1.29, 1.82) is 0 Å². The summed E-state index contributed by atoms with van der Waals surface area (Å²) in [6, 6.07) is 26.7. The lowest BCUT2D eigenvalue weighted by molar-refractivity contribution is -0.296. The van der Waals surface area contributed by atoms with Crippen molar-refractivity contribution in [2.24, 2.45) is 0 Å². The Labute approximate surface area is 622 Å². The van der Waals surface area contributed by atoms with Crippen molar-refractivity contribution < 1.29 is 173 Å². The van der Waals surface area contributed by atoms with Gasteiger partial charge in [0.2, 0.25) is 30.9 Å². The lowest BCUT2D eigenvalue weighted by Gasteiger charge is -2.41. The van der Waals surface area contributed by atoms with Gasteiger partial charge in [0.05, 0.1) is 11.6 Å². The zero-order valence-corrected chi connectivity index (χ0v) is 57.2. The average molecular weight is 1540 g/mol. The van der Waals surface area contributed by atoms with E-state index in [0.29, 0.717) is 22.3 Å². The SMILES string of the molecule is O=C(/C=C\c1ccc(O)cc1)OC[C@H]1O[C@@H](Oc2cc(O)c3c(c2)[OH+]C(c2cc(O[C@@H]4O[C@H](COC(=O)/C=C/c5ccc(O)cc5)[C@@H](O)[C@@H](O)[C@@H]4O)c(O)c(O[C@@H]4O[C@H](COC(=O)/C=C/c5ccc(O)cc5)[C@@H](O)[C@@H](O)[C@H]4O)c2)C(O[C@@H]2O[C@H](COC(=O)/C=C/c4ccc(O)cc4)[C@@H](O)[C@@H](O)[C@H]2O)=C3)[C@H](O)[C@@H](O)[C@@H]1O. The van der Waals surface area contributed by atoms with E-state index in [2.05, 4.69) is 0 Å². The van der Waals surface area contributed by atoms with Gasteiger partial charge in [0.15, 0.2) is 17.3 Å². The van der Waals surface area contributed by atoms with E-state index < -0.39 is 214 Å². The summed E-state index contributed by atoms with van der Waals surface area (Å²) in [5.41, 5.74) is 1.26. The number of aliphatic hydroxyl groups excluding tert-OH is 12. The van der Waals surface area contributed by atoms with Crippen LogP contribution in [0.1, 0.15) is 39.5 Å². The highest BCUT2D eigenvalue weighted by atomic mass is 16.7. The van der Waals surface area contributed by atoms with Crippen LogP contribution in [0.5, 0.6) is 57.5 Å². The molecule has 0 saturated carbocycles. The Kier molecular flexibility index (Phi) is 25.9. The number of carbonyl (C=O) groups is 4. The zero-order valence-electron chi connectivity index (χ0n) is 57.2. The first-order chi connectivity index (χ1) is 52.5. The van der Waals surface area contributed by atoms with Crippen LogP contribution in [-0.2, 0) is 61.8 Å². The van der Waals surface area contributed by atoms with E-state index in [1.165, 1.54) is 121 Å². The minimum Gasteiger partial charge on any atom is -0.571 e. The molecular weight excluding hydrogens is 1460 g/mol. The first-order valence-corrected chi connectivity index (χ1v) is 33.7. The molecule has 35 nitrogen and oxygen atoms in total. The number of rotatable bonds is 25. The first kappa shape index (κ1) is 80.1. The fourth-order valence-electron chi connectivity index (χ4n) is 11.6. The number of fused-ring (bicyclic) bond motifs is 1. The molecule has 586 valence electrons. The maximum atomic E-state index is 13.0. The monoisotopic (exact) mass is 1540 g/mol. The summed E-state index contributed by atoms with van der Waals surface area (Å²) in [6.45, 7) is -3.21. The molecule has 6 aromatic rings. The number of hydrogen-bond acceptors (Lipinski definition) is 34. The summed E-state index contributed by atoms with van der Waals surface area (Å²) in [5.74, 6) is -8.91. The molecule has 19 N–H and O–H groups in total. The summed E-state index contributed by atoms with van der Waals surface area (Å²) in [4.78, 5) is 51.7. The molecule has 5 aliphatic heterocycles. The second-order valence-corrected chi connectivity index (χ2v) is 25.6. The molecule has 4 saturated heterocycles. The van der Waals surface area contributed by atoms with Gasteiger partial charge in [0.25, 0.3) is 11.9 Å². The third kappa shape index (κ3) is 19.7. The fraction of sp³-hybridized carbons (Fsp3) is 0.333. The smallest absolute Gasteiger partial charge is 0.330 e. The second kappa shape index (κ2) is 35.6. The molecule has 35 heteroatoms. The molecule has 0 aliphatic carbocycles. The standard InChI is InChI=1S/C75H76O35/c76-39-13-1-34(2-14-39)9-21-54(81)98-30-50-59(86)63(90)67(94)72(107-50)102-43-27-45(80)44-29-49(106-75-70(97)66(93)62(89)53(110-75)33-101-57(84)24-12-37-7-19-42(79)20-8-37)71(103-46(44)28-43)38-25-47(104-73-68(95)64(91)60(87)51(108-73)31-99-55(82)22-10-35-3-15-40(77)16-4-35)58(85)48(26-38)105-74-69(96)65(92)61(88)52(109-74)32-100-56(83)23-11-36-5-17-41(78)18-6-36/h1-29,50-53,59-80,85-97H,30-33H2/p+1/b21-9-,22-10+,23-11+,24-12+/t50-,51-,52-,53-,59-,60-,61-,62-,63+,64-,65-,66-,67-,68-,69+,70-,71?,72-,73-,74-,75-/m1/s1. The number of phenols is 6. The predicted molar refractivity (Wildman–Crippen MR) is 371 cm³/mol. The molecule has 4 fully saturated rings. The van der Waals surface area contributed by atoms with Crippen LogP contribution in [0.15, 0.2) is 151 Å². The van der Waals surface area contributed by atoms with E-state index in [-0.39, 0.29) is 39.9 Å². The largest absolute Gasteiger partial charge is 0.571 e. The van der Waals surface area contributed by atoms with Gasteiger partial charge in [-0.15, -0.1) is 0 Å². The number of hydrogen-bond donors (Lipinski definition) is 18. The molecule has 0 bridgehead atoms. The van der Waals surface area contributed by atoms with Crippen molar-refractivity contribution in [3.63, 3.8) is 0 Å². The Hall–Kier alpha value is -10.9. The third-order valence-electron chi connectivity index (χ3n) is 17.8. The lowest BCUT2D eigenvalue weighted by atomic mass is 9.98. The number of carbonyl (C=O) groups excluding carboxylic acids is 4. The molecule has 11 rings (SSSR count). The highest BCUT2D eigenvalue weighted by molar-refractivity contribution is 5.89. The Morgan fingerprint density at radius 1 is 0.355 bits per heavy atom. The lowest BCUT2D eigenvalue weighted by Crippen LogP contribution is -2.60. The predicted octanol–water partition coefficient (Wildman–Crippen LogP) is -0.333. The van der Waals surface area contributed by atoms with Crippen LogP contribution in [0.25, 0.3) is 30.4 Å². The number of benzene rings is 6. The van der Waals surface area contributed by atoms with Gasteiger partial charge >= 0.3 is 23.9 Å². The van der Waals surface area contributed by atoms with Crippen LogP contribution < -0.4 is 14.2 Å². The molecule has 5 aliphatic rings. The van der Waals surface area contributed by atoms with Gasteiger partial charge in [0.1, 0.15) is 164 Å². The molecule has 21 atom stereocenters. The summed E-state index contributed by atoms with van der Waals surface area (Å²) in [7, 11) is 0. The number of aliphatic hydroxyl groups is 13. The minimum absolute atomic E-state index is 0.0328. The maximum Gasteiger partial charge on any atom is 0.330 e. The topological polar surface area (TPSA) is 556 Å². The Balaban J connectivity index is 0.934. The van der Waals surface area contributed by atoms with Gasteiger partial charge in [-0.05, 0) is 107 Å². The van der Waals surface area contributed by atoms with E-state index in [9.17, 15) is 111 Å². The van der Waals surface area contributed by atoms with Gasteiger partial charge in [-0.2, -0.15) is 0 Å². The van der Waals surface area contributed by atoms with Crippen molar-refractivity contribution >= 4 is 54.3 Å². The third-order valence-corrected chi connectivity index (χ3v) is 17.8. The second-order valence-electron chi connectivity index (χ2n) is 25.6. The molecule has 0 aromatic heterocycles. The van der Waals surface area contributed by atoms with Crippen LogP contribution in [0.2, 0.25) is 0 Å². The highest BCUT2D eigenvalue weighted by Gasteiger charge is 2.51. The highest BCUT2D eigenvalue weighted by Crippen LogP contribution is 2.50. The zero-order chi connectivity index (χ0) is 78.8. The molecule has 0 amide bonds. The molecular formula is C75H77O35+. The molecule has 0 spiro atoms. The van der Waals surface area contributed by atoms with Gasteiger partial charge in [0, 0.05) is 36.4 Å². The van der Waals surface area contributed by atoms with Crippen molar-refractivity contribution in [3.05, 3.63) is 185 Å².